The van der Waals surface area contributed by atoms with E-state index in [0.29, 0.717) is 13.0 Å². The van der Waals surface area contributed by atoms with Gasteiger partial charge in [0.15, 0.2) is 0 Å². The Labute approximate surface area is 181 Å². The van der Waals surface area contributed by atoms with Gasteiger partial charge < -0.3 is 19.7 Å². The molecule has 0 heterocycles. The number of carboxylic acid groups (broad SMARTS) is 1. The number of carboxylic acids is 1. The van der Waals surface area contributed by atoms with Gasteiger partial charge in [-0.2, -0.15) is 0 Å². The van der Waals surface area contributed by atoms with Crippen LogP contribution in [0.4, 0.5) is 0 Å². The van der Waals surface area contributed by atoms with Crippen LogP contribution in [-0.4, -0.2) is 23.3 Å². The molecular formula is C26H24O5. The zero-order chi connectivity index (χ0) is 21.8. The summed E-state index contributed by atoms with van der Waals surface area (Å²) in [5.74, 6) is 0.605. The van der Waals surface area contributed by atoms with Gasteiger partial charge >= 0.3 is 5.97 Å². The number of hydrogen-bond acceptors (Lipinski definition) is 4. The van der Waals surface area contributed by atoms with Crippen LogP contribution in [0.15, 0.2) is 66.7 Å². The molecule has 2 N–H and O–H groups in total. The number of fused-ring (bicyclic) bond motifs is 1. The molecule has 4 rings (SSSR count). The Morgan fingerprint density at radius 2 is 1.77 bits per heavy atom. The van der Waals surface area contributed by atoms with Crippen molar-refractivity contribution in [1.29, 1.82) is 0 Å². The second kappa shape index (κ2) is 9.06. The van der Waals surface area contributed by atoms with E-state index in [2.05, 4.69) is 12.1 Å². The van der Waals surface area contributed by atoms with E-state index in [1.807, 2.05) is 30.3 Å². The van der Waals surface area contributed by atoms with E-state index in [-0.39, 0.29) is 12.2 Å². The van der Waals surface area contributed by atoms with Crippen molar-refractivity contribution in [3.05, 3.63) is 100 Å². The number of benzene rings is 3. The smallest absolute Gasteiger partial charge is 0.335 e. The Morgan fingerprint density at radius 1 is 1.00 bits per heavy atom. The molecule has 0 saturated carbocycles. The molecule has 0 atom stereocenters. The molecule has 0 bridgehead atoms. The largest absolute Gasteiger partial charge is 0.497 e. The fourth-order valence-electron chi connectivity index (χ4n) is 3.89. The lowest BCUT2D eigenvalue weighted by molar-refractivity contribution is 0.0697. The van der Waals surface area contributed by atoms with Crippen LogP contribution in [0.3, 0.4) is 0 Å². The summed E-state index contributed by atoms with van der Waals surface area (Å²) in [6, 6.07) is 18.6. The maximum atomic E-state index is 11.0. The second-order valence-corrected chi connectivity index (χ2v) is 7.54. The first-order valence-electron chi connectivity index (χ1n) is 10.1. The van der Waals surface area contributed by atoms with E-state index in [1.54, 1.807) is 31.4 Å². The minimum absolute atomic E-state index is 0.0329. The van der Waals surface area contributed by atoms with Crippen LogP contribution in [0.2, 0.25) is 0 Å². The molecular weight excluding hydrogens is 392 g/mol. The third-order valence-electron chi connectivity index (χ3n) is 5.44. The lowest BCUT2D eigenvalue weighted by atomic mass is 9.97. The molecule has 5 nitrogen and oxygen atoms in total. The van der Waals surface area contributed by atoms with Crippen molar-refractivity contribution in [2.75, 3.05) is 7.11 Å². The lowest BCUT2D eigenvalue weighted by Gasteiger charge is -2.15. The average Bonchev–Trinajstić information content (AvgIpc) is 3.21. The fourth-order valence-corrected chi connectivity index (χ4v) is 3.89. The number of aromatic carboxylic acids is 1. The van der Waals surface area contributed by atoms with Crippen LogP contribution in [-0.2, 0) is 26.1 Å². The topological polar surface area (TPSA) is 76.0 Å². The maximum absolute atomic E-state index is 11.0. The third-order valence-corrected chi connectivity index (χ3v) is 5.44. The second-order valence-electron chi connectivity index (χ2n) is 7.54. The molecule has 3 aromatic rings. The zero-order valence-electron chi connectivity index (χ0n) is 17.3. The Morgan fingerprint density at radius 3 is 2.48 bits per heavy atom. The quantitative estimate of drug-likeness (QED) is 0.559. The van der Waals surface area contributed by atoms with Gasteiger partial charge in [-0.25, -0.2) is 4.79 Å². The molecule has 0 aliphatic heterocycles. The van der Waals surface area contributed by atoms with E-state index >= 15 is 0 Å². The van der Waals surface area contributed by atoms with E-state index in [9.17, 15) is 9.90 Å². The molecule has 0 amide bonds. The third kappa shape index (κ3) is 4.62. The number of aliphatic hydroxyl groups excluding tert-OH is 1. The SMILES string of the molecule is COc1cc(CO)cc(CC2=CCc3cccc(OCc4ccc(C(=O)O)cc4)c32)c1. The Balaban J connectivity index is 1.54. The minimum atomic E-state index is -0.940. The fraction of sp³-hybridized carbons (Fsp3) is 0.192. The van der Waals surface area contributed by atoms with Crippen LogP contribution in [0.1, 0.15) is 38.2 Å². The van der Waals surface area contributed by atoms with Gasteiger partial charge in [-0.1, -0.05) is 36.4 Å². The predicted octanol–water partition coefficient (Wildman–Crippen LogP) is 4.65. The first-order chi connectivity index (χ1) is 15.1. The van der Waals surface area contributed by atoms with E-state index in [1.165, 1.54) is 11.1 Å². The molecule has 158 valence electrons. The Kier molecular flexibility index (Phi) is 6.05. The van der Waals surface area contributed by atoms with Gasteiger partial charge in [0.25, 0.3) is 0 Å². The standard InChI is InChI=1S/C26H24O5/c1-30-23-13-18(11-19(14-23)15-27)12-22-10-9-20-3-2-4-24(25(20)22)31-16-17-5-7-21(8-6-17)26(28)29/h2-8,10-11,13-14,27H,9,12,15-16H2,1H3,(H,28,29). The van der Waals surface area contributed by atoms with Gasteiger partial charge in [0.2, 0.25) is 0 Å². The lowest BCUT2D eigenvalue weighted by Crippen LogP contribution is -2.01. The first kappa shape index (κ1) is 20.7. The molecule has 5 heteroatoms. The molecule has 0 fully saturated rings. The number of rotatable bonds is 8. The van der Waals surface area contributed by atoms with Crippen LogP contribution in [0, 0.1) is 0 Å². The van der Waals surface area contributed by atoms with Crippen LogP contribution in [0.5, 0.6) is 11.5 Å². The van der Waals surface area contributed by atoms with Gasteiger partial charge in [0, 0.05) is 5.56 Å². The number of ether oxygens (including phenoxy) is 2. The van der Waals surface area contributed by atoms with E-state index < -0.39 is 5.97 Å². The minimum Gasteiger partial charge on any atom is -0.497 e. The summed E-state index contributed by atoms with van der Waals surface area (Å²) in [4.78, 5) is 11.0. The Hall–Kier alpha value is -3.57. The van der Waals surface area contributed by atoms with Gasteiger partial charge in [0.05, 0.1) is 19.3 Å². The number of carbonyl (C=O) groups is 1. The highest BCUT2D eigenvalue weighted by Gasteiger charge is 2.20. The number of aliphatic hydroxyl groups is 1. The highest BCUT2D eigenvalue weighted by atomic mass is 16.5. The van der Waals surface area contributed by atoms with Crippen LogP contribution >= 0.6 is 0 Å². The number of allylic oxidation sites excluding steroid dienone is 2. The predicted molar refractivity (Wildman–Crippen MR) is 118 cm³/mol. The van der Waals surface area contributed by atoms with Crippen LogP contribution in [0.25, 0.3) is 5.57 Å². The summed E-state index contributed by atoms with van der Waals surface area (Å²) in [6.07, 6.45) is 3.79. The monoisotopic (exact) mass is 416 g/mol. The zero-order valence-corrected chi connectivity index (χ0v) is 17.3. The van der Waals surface area contributed by atoms with Gasteiger partial charge in [-0.05, 0) is 71.0 Å². The summed E-state index contributed by atoms with van der Waals surface area (Å²) < 4.78 is 11.5. The Bertz CT molecular complexity index is 1110. The maximum Gasteiger partial charge on any atom is 0.335 e. The molecule has 1 aliphatic carbocycles. The summed E-state index contributed by atoms with van der Waals surface area (Å²) in [7, 11) is 1.62. The molecule has 31 heavy (non-hydrogen) atoms. The van der Waals surface area contributed by atoms with Crippen molar-refractivity contribution in [2.24, 2.45) is 0 Å². The highest BCUT2D eigenvalue weighted by Crippen LogP contribution is 2.38. The molecule has 0 aromatic heterocycles. The normalized spacial score (nSPS) is 12.3. The summed E-state index contributed by atoms with van der Waals surface area (Å²) in [5.41, 5.74) is 6.58. The van der Waals surface area contributed by atoms with Crippen molar-refractivity contribution in [1.82, 2.24) is 0 Å². The average molecular weight is 416 g/mol. The van der Waals surface area contributed by atoms with Crippen LogP contribution < -0.4 is 9.47 Å². The van der Waals surface area contributed by atoms with Crippen molar-refractivity contribution < 1.29 is 24.5 Å². The van der Waals surface area contributed by atoms with E-state index in [4.69, 9.17) is 14.6 Å². The highest BCUT2D eigenvalue weighted by molar-refractivity contribution is 5.87. The molecule has 0 spiro atoms. The molecule has 3 aromatic carbocycles. The summed E-state index contributed by atoms with van der Waals surface area (Å²) in [6.45, 7) is 0.326. The van der Waals surface area contributed by atoms with Crippen molar-refractivity contribution in [3.8, 4) is 11.5 Å². The van der Waals surface area contributed by atoms with E-state index in [0.717, 1.165) is 40.2 Å². The first-order valence-corrected chi connectivity index (χ1v) is 10.1. The number of hydrogen-bond donors (Lipinski definition) is 2. The van der Waals surface area contributed by atoms with Gasteiger partial charge in [0.1, 0.15) is 18.1 Å². The molecule has 0 radical (unpaired) electrons. The van der Waals surface area contributed by atoms with Crippen molar-refractivity contribution in [3.63, 3.8) is 0 Å². The molecule has 0 unspecified atom stereocenters. The van der Waals surface area contributed by atoms with Gasteiger partial charge in [-0.15, -0.1) is 0 Å². The summed E-state index contributed by atoms with van der Waals surface area (Å²) in [5, 5.41) is 18.6. The molecule has 0 saturated heterocycles. The summed E-state index contributed by atoms with van der Waals surface area (Å²) >= 11 is 0. The molecule has 1 aliphatic rings. The number of methoxy groups -OCH3 is 1. The van der Waals surface area contributed by atoms with Crippen molar-refractivity contribution in [2.45, 2.75) is 26.1 Å². The van der Waals surface area contributed by atoms with Crippen molar-refractivity contribution >= 4 is 11.5 Å². The van der Waals surface area contributed by atoms with Gasteiger partial charge in [-0.3, -0.25) is 0 Å².